The van der Waals surface area contributed by atoms with E-state index in [1.165, 1.54) is 18.2 Å². The summed E-state index contributed by atoms with van der Waals surface area (Å²) < 4.78 is 18.7. The third-order valence-corrected chi connectivity index (χ3v) is 2.05. The van der Waals surface area contributed by atoms with Gasteiger partial charge in [0.1, 0.15) is 11.4 Å². The first-order valence-electron chi connectivity index (χ1n) is 5.88. The molecular formula is C14H16FNO4. The van der Waals surface area contributed by atoms with Crippen LogP contribution >= 0.6 is 0 Å². The molecule has 2 N–H and O–H groups in total. The van der Waals surface area contributed by atoms with E-state index >= 15 is 0 Å². The molecule has 0 aliphatic carbocycles. The number of hydrogen-bond acceptors (Lipinski definition) is 3. The number of benzene rings is 1. The van der Waals surface area contributed by atoms with Gasteiger partial charge in [-0.1, -0.05) is 6.07 Å². The quantitative estimate of drug-likeness (QED) is 0.834. The second-order valence-electron chi connectivity index (χ2n) is 5.04. The van der Waals surface area contributed by atoms with Crippen LogP contribution in [0.5, 0.6) is 0 Å². The Kier molecular flexibility index (Phi) is 4.85. The lowest BCUT2D eigenvalue weighted by Crippen LogP contribution is -2.27. The third kappa shape index (κ3) is 5.51. The van der Waals surface area contributed by atoms with Gasteiger partial charge in [0.05, 0.1) is 5.69 Å². The van der Waals surface area contributed by atoms with Crippen molar-refractivity contribution in [1.29, 1.82) is 0 Å². The number of anilines is 1. The highest BCUT2D eigenvalue weighted by Gasteiger charge is 2.17. The molecular weight excluding hydrogens is 265 g/mol. The van der Waals surface area contributed by atoms with Gasteiger partial charge < -0.3 is 9.84 Å². The molecule has 0 atom stereocenters. The molecule has 6 heteroatoms. The van der Waals surface area contributed by atoms with Crippen LogP contribution in [-0.4, -0.2) is 22.8 Å². The number of carbonyl (C=O) groups excluding carboxylic acids is 1. The van der Waals surface area contributed by atoms with Crippen LogP contribution in [0.15, 0.2) is 24.3 Å². The van der Waals surface area contributed by atoms with Crippen LogP contribution in [0.25, 0.3) is 6.08 Å². The average molecular weight is 281 g/mol. The highest BCUT2D eigenvalue weighted by molar-refractivity contribution is 5.86. The van der Waals surface area contributed by atoms with Crippen molar-refractivity contribution in [2.75, 3.05) is 5.32 Å². The Morgan fingerprint density at radius 3 is 2.50 bits per heavy atom. The molecule has 20 heavy (non-hydrogen) atoms. The van der Waals surface area contributed by atoms with Gasteiger partial charge in [-0.3, -0.25) is 5.32 Å². The molecule has 0 aromatic heterocycles. The summed E-state index contributed by atoms with van der Waals surface area (Å²) in [5.41, 5.74) is -0.337. The molecule has 0 saturated heterocycles. The van der Waals surface area contributed by atoms with Crippen molar-refractivity contribution in [3.05, 3.63) is 35.7 Å². The molecule has 1 amide bonds. The second kappa shape index (κ2) is 6.18. The van der Waals surface area contributed by atoms with Gasteiger partial charge in [-0.05, 0) is 44.5 Å². The monoisotopic (exact) mass is 281 g/mol. The zero-order valence-corrected chi connectivity index (χ0v) is 11.4. The highest BCUT2D eigenvalue weighted by atomic mass is 19.1. The zero-order valence-electron chi connectivity index (χ0n) is 11.4. The molecule has 0 spiro atoms. The largest absolute Gasteiger partial charge is 0.478 e. The molecule has 0 aliphatic rings. The van der Waals surface area contributed by atoms with Gasteiger partial charge in [0, 0.05) is 6.08 Å². The molecule has 1 rings (SSSR count). The molecule has 1 aromatic carbocycles. The van der Waals surface area contributed by atoms with Crippen LogP contribution in [-0.2, 0) is 9.53 Å². The van der Waals surface area contributed by atoms with E-state index in [0.29, 0.717) is 5.56 Å². The summed E-state index contributed by atoms with van der Waals surface area (Å²) in [6, 6.07) is 3.93. The van der Waals surface area contributed by atoms with Gasteiger partial charge in [-0.15, -0.1) is 0 Å². The SMILES string of the molecule is CC(C)(C)OC(=O)Nc1ccc(C=CC(=O)O)cc1F. The van der Waals surface area contributed by atoms with Crippen LogP contribution < -0.4 is 5.32 Å². The maximum absolute atomic E-state index is 13.7. The number of halogens is 1. The van der Waals surface area contributed by atoms with Crippen LogP contribution in [0.2, 0.25) is 0 Å². The lowest BCUT2D eigenvalue weighted by molar-refractivity contribution is -0.131. The average Bonchev–Trinajstić information content (AvgIpc) is 2.27. The van der Waals surface area contributed by atoms with E-state index in [-0.39, 0.29) is 5.69 Å². The number of rotatable bonds is 3. The van der Waals surface area contributed by atoms with E-state index in [9.17, 15) is 14.0 Å². The van der Waals surface area contributed by atoms with Crippen LogP contribution in [0, 0.1) is 5.82 Å². The van der Waals surface area contributed by atoms with Gasteiger partial charge in [-0.25, -0.2) is 14.0 Å². The number of amides is 1. The summed E-state index contributed by atoms with van der Waals surface area (Å²) in [6.45, 7) is 5.09. The fourth-order valence-corrected chi connectivity index (χ4v) is 1.32. The minimum atomic E-state index is -1.12. The van der Waals surface area contributed by atoms with E-state index in [4.69, 9.17) is 9.84 Å². The minimum Gasteiger partial charge on any atom is -0.478 e. The van der Waals surface area contributed by atoms with E-state index in [0.717, 1.165) is 12.1 Å². The Balaban J connectivity index is 2.78. The fraction of sp³-hybridized carbons (Fsp3) is 0.286. The van der Waals surface area contributed by atoms with Crippen molar-refractivity contribution >= 4 is 23.8 Å². The Hall–Kier alpha value is -2.37. The lowest BCUT2D eigenvalue weighted by Gasteiger charge is -2.19. The Morgan fingerprint density at radius 1 is 1.35 bits per heavy atom. The number of ether oxygens (including phenoxy) is 1. The van der Waals surface area contributed by atoms with E-state index in [1.807, 2.05) is 0 Å². The third-order valence-electron chi connectivity index (χ3n) is 2.05. The first kappa shape index (κ1) is 15.7. The van der Waals surface area contributed by atoms with E-state index in [1.54, 1.807) is 20.8 Å². The maximum Gasteiger partial charge on any atom is 0.412 e. The smallest absolute Gasteiger partial charge is 0.412 e. The molecule has 0 unspecified atom stereocenters. The summed E-state index contributed by atoms with van der Waals surface area (Å²) >= 11 is 0. The molecule has 1 aromatic rings. The number of hydrogen-bond donors (Lipinski definition) is 2. The molecule has 108 valence electrons. The molecule has 0 heterocycles. The summed E-state index contributed by atoms with van der Waals surface area (Å²) in [5, 5.41) is 10.8. The molecule has 0 saturated carbocycles. The van der Waals surface area contributed by atoms with E-state index in [2.05, 4.69) is 5.32 Å². The van der Waals surface area contributed by atoms with Crippen LogP contribution in [0.4, 0.5) is 14.9 Å². The second-order valence-corrected chi connectivity index (χ2v) is 5.04. The van der Waals surface area contributed by atoms with Gasteiger partial charge in [0.25, 0.3) is 0 Å². The molecule has 0 fully saturated rings. The highest BCUT2D eigenvalue weighted by Crippen LogP contribution is 2.18. The molecule has 0 bridgehead atoms. The zero-order chi connectivity index (χ0) is 15.3. The van der Waals surface area contributed by atoms with Gasteiger partial charge in [-0.2, -0.15) is 0 Å². The summed E-state index contributed by atoms with van der Waals surface area (Å²) in [6.07, 6.45) is 1.39. The summed E-state index contributed by atoms with van der Waals surface area (Å²) in [7, 11) is 0. The number of carboxylic acids is 1. The fourth-order valence-electron chi connectivity index (χ4n) is 1.32. The maximum atomic E-state index is 13.7. The van der Waals surface area contributed by atoms with Crippen molar-refractivity contribution in [3.8, 4) is 0 Å². The number of carbonyl (C=O) groups is 2. The number of nitrogens with one attached hydrogen (secondary N) is 1. The predicted octanol–water partition coefficient (Wildman–Crippen LogP) is 3.27. The Bertz CT molecular complexity index is 547. The lowest BCUT2D eigenvalue weighted by atomic mass is 10.2. The van der Waals surface area contributed by atoms with Crippen LogP contribution in [0.1, 0.15) is 26.3 Å². The summed E-state index contributed by atoms with van der Waals surface area (Å²) in [4.78, 5) is 21.8. The standard InChI is InChI=1S/C14H16FNO4/c1-14(2,3)20-13(19)16-11-6-4-9(8-10(11)15)5-7-12(17)18/h4-8H,1-3H3,(H,16,19)(H,17,18). The Morgan fingerprint density at radius 2 is 2.00 bits per heavy atom. The van der Waals surface area contributed by atoms with Crippen molar-refractivity contribution in [3.63, 3.8) is 0 Å². The van der Waals surface area contributed by atoms with Crippen molar-refractivity contribution in [2.45, 2.75) is 26.4 Å². The first-order chi connectivity index (χ1) is 9.17. The number of carboxylic acid groups (broad SMARTS) is 1. The van der Waals surface area contributed by atoms with Crippen molar-refractivity contribution < 1.29 is 23.8 Å². The topological polar surface area (TPSA) is 75.6 Å². The van der Waals surface area contributed by atoms with Crippen LogP contribution in [0.3, 0.4) is 0 Å². The Labute approximate surface area is 116 Å². The first-order valence-corrected chi connectivity index (χ1v) is 5.88. The van der Waals surface area contributed by atoms with Crippen molar-refractivity contribution in [1.82, 2.24) is 0 Å². The molecule has 5 nitrogen and oxygen atoms in total. The van der Waals surface area contributed by atoms with Gasteiger partial charge in [0.2, 0.25) is 0 Å². The van der Waals surface area contributed by atoms with E-state index < -0.39 is 23.5 Å². The summed E-state index contributed by atoms with van der Waals surface area (Å²) in [5.74, 6) is -1.80. The normalized spacial score (nSPS) is 11.4. The van der Waals surface area contributed by atoms with Gasteiger partial charge in [0.15, 0.2) is 0 Å². The molecule has 0 aliphatic heterocycles. The predicted molar refractivity (Wildman–Crippen MR) is 72.9 cm³/mol. The van der Waals surface area contributed by atoms with Crippen molar-refractivity contribution in [2.24, 2.45) is 0 Å². The van der Waals surface area contributed by atoms with Gasteiger partial charge >= 0.3 is 12.1 Å². The number of aliphatic carboxylic acids is 1. The molecule has 0 radical (unpaired) electrons. The minimum absolute atomic E-state index is 0.0354.